The highest BCUT2D eigenvalue weighted by Gasteiger charge is 2.45. The van der Waals surface area contributed by atoms with Gasteiger partial charge in [-0.05, 0) is 19.2 Å². The first kappa shape index (κ1) is 24.7. The molecule has 2 amide bonds. The lowest BCUT2D eigenvalue weighted by Gasteiger charge is -2.30. The van der Waals surface area contributed by atoms with Crippen LogP contribution in [-0.2, 0) is 11.2 Å². The van der Waals surface area contributed by atoms with Gasteiger partial charge in [0, 0.05) is 55.3 Å². The quantitative estimate of drug-likeness (QED) is 0.412. The number of benzene rings is 1. The van der Waals surface area contributed by atoms with Crippen molar-refractivity contribution in [3.8, 4) is 11.5 Å². The second kappa shape index (κ2) is 11.8. The molecule has 0 unspecified atom stereocenters. The Labute approximate surface area is 193 Å². The highest BCUT2D eigenvalue weighted by Crippen LogP contribution is 2.27. The first-order valence-corrected chi connectivity index (χ1v) is 10.8. The van der Waals surface area contributed by atoms with Crippen molar-refractivity contribution in [3.63, 3.8) is 0 Å². The largest absolute Gasteiger partial charge is 0.497 e. The number of likely N-dealkylation sites (N-methyl/N-ethyl adjacent to an activating group) is 1. The van der Waals surface area contributed by atoms with E-state index < -0.39 is 30.4 Å². The molecule has 2 aromatic rings. The number of aliphatic hydroxyl groups is 2. The summed E-state index contributed by atoms with van der Waals surface area (Å²) in [6.07, 6.45) is 0.332. The summed E-state index contributed by atoms with van der Waals surface area (Å²) < 4.78 is 16.3. The fraction of sp³-hybridized carbons (Fsp3) is 0.478. The van der Waals surface area contributed by atoms with Gasteiger partial charge < -0.3 is 35.1 Å². The highest BCUT2D eigenvalue weighted by molar-refractivity contribution is 5.89. The van der Waals surface area contributed by atoms with Crippen molar-refractivity contribution in [2.45, 2.75) is 30.8 Å². The van der Waals surface area contributed by atoms with Crippen LogP contribution in [0.1, 0.15) is 5.69 Å². The second-order valence-electron chi connectivity index (χ2n) is 7.86. The Hall–Kier alpha value is -2.92. The van der Waals surface area contributed by atoms with Gasteiger partial charge in [-0.15, -0.1) is 0 Å². The van der Waals surface area contributed by atoms with Crippen molar-refractivity contribution < 1.29 is 29.2 Å². The van der Waals surface area contributed by atoms with E-state index in [0.29, 0.717) is 30.2 Å². The van der Waals surface area contributed by atoms with Crippen molar-refractivity contribution in [2.75, 3.05) is 46.3 Å². The lowest BCUT2D eigenvalue weighted by atomic mass is 10.0. The van der Waals surface area contributed by atoms with Crippen molar-refractivity contribution in [1.29, 1.82) is 0 Å². The van der Waals surface area contributed by atoms with E-state index in [0.717, 1.165) is 5.69 Å². The van der Waals surface area contributed by atoms with Crippen LogP contribution < -0.4 is 20.1 Å². The lowest BCUT2D eigenvalue weighted by Crippen LogP contribution is -2.50. The molecule has 4 N–H and O–H groups in total. The number of carbonyl (C=O) groups excluding carboxylic acids is 1. The molecule has 10 nitrogen and oxygen atoms in total. The molecule has 0 spiro atoms. The van der Waals surface area contributed by atoms with Gasteiger partial charge in [-0.3, -0.25) is 9.88 Å². The molecule has 0 radical (unpaired) electrons. The number of anilines is 1. The summed E-state index contributed by atoms with van der Waals surface area (Å²) in [5.74, 6) is 1.10. The number of rotatable bonds is 10. The maximum atomic E-state index is 12.5. The Kier molecular flexibility index (Phi) is 8.84. The molecule has 0 aliphatic carbocycles. The number of pyridine rings is 1. The van der Waals surface area contributed by atoms with Gasteiger partial charge in [-0.25, -0.2) is 4.79 Å². The smallest absolute Gasteiger partial charge is 0.319 e. The Morgan fingerprint density at radius 3 is 2.52 bits per heavy atom. The topological polar surface area (TPSA) is 125 Å². The predicted octanol–water partition coefficient (Wildman–Crippen LogP) is 0.884. The molecule has 10 heteroatoms. The van der Waals surface area contributed by atoms with Crippen molar-refractivity contribution >= 4 is 11.7 Å². The number of aromatic nitrogens is 1. The third-order valence-corrected chi connectivity index (χ3v) is 5.67. The number of hydrogen-bond donors (Lipinski definition) is 4. The summed E-state index contributed by atoms with van der Waals surface area (Å²) in [5, 5.41) is 25.8. The van der Waals surface area contributed by atoms with Crippen LogP contribution in [0, 0.1) is 0 Å². The molecule has 1 aromatic heterocycles. The zero-order valence-corrected chi connectivity index (χ0v) is 19.1. The van der Waals surface area contributed by atoms with Crippen molar-refractivity contribution in [1.82, 2.24) is 15.2 Å². The van der Waals surface area contributed by atoms with E-state index >= 15 is 0 Å². The fourth-order valence-corrected chi connectivity index (χ4v) is 3.92. The lowest BCUT2D eigenvalue weighted by molar-refractivity contribution is -0.0205. The van der Waals surface area contributed by atoms with Crippen LogP contribution in [0.3, 0.4) is 0 Å². The number of methoxy groups -OCH3 is 2. The first-order valence-electron chi connectivity index (χ1n) is 10.8. The molecule has 1 fully saturated rings. The summed E-state index contributed by atoms with van der Waals surface area (Å²) in [6.45, 7) is 0.476. The summed E-state index contributed by atoms with van der Waals surface area (Å²) in [7, 11) is 4.95. The van der Waals surface area contributed by atoms with Crippen LogP contribution in [0.2, 0.25) is 0 Å². The molecule has 180 valence electrons. The molecule has 0 bridgehead atoms. The minimum Gasteiger partial charge on any atom is -0.497 e. The number of aliphatic hydroxyl groups excluding tert-OH is 2. The first-order chi connectivity index (χ1) is 15.9. The van der Waals surface area contributed by atoms with Gasteiger partial charge >= 0.3 is 6.03 Å². The third kappa shape index (κ3) is 6.55. The number of ether oxygens (including phenoxy) is 3. The van der Waals surface area contributed by atoms with Gasteiger partial charge in [-0.1, -0.05) is 6.07 Å². The number of hydrogen-bond acceptors (Lipinski definition) is 8. The van der Waals surface area contributed by atoms with E-state index in [4.69, 9.17) is 14.2 Å². The molecule has 4 atom stereocenters. The van der Waals surface area contributed by atoms with Crippen LogP contribution >= 0.6 is 0 Å². The van der Waals surface area contributed by atoms with Crippen LogP contribution in [0.15, 0.2) is 42.6 Å². The van der Waals surface area contributed by atoms with Gasteiger partial charge in [-0.2, -0.15) is 0 Å². The number of nitrogens with one attached hydrogen (secondary N) is 2. The molecule has 2 heterocycles. The minimum atomic E-state index is -0.888. The summed E-state index contributed by atoms with van der Waals surface area (Å²) in [6, 6.07) is 9.96. The normalized spacial score (nSPS) is 22.2. The van der Waals surface area contributed by atoms with Gasteiger partial charge in [0.25, 0.3) is 0 Å². The molecular formula is C23H32N4O6. The average molecular weight is 461 g/mol. The molecule has 33 heavy (non-hydrogen) atoms. The van der Waals surface area contributed by atoms with E-state index in [1.54, 1.807) is 24.4 Å². The van der Waals surface area contributed by atoms with Crippen LogP contribution in [0.4, 0.5) is 10.5 Å². The molecule has 1 aliphatic heterocycles. The van der Waals surface area contributed by atoms with Crippen molar-refractivity contribution in [3.05, 3.63) is 48.3 Å². The van der Waals surface area contributed by atoms with Gasteiger partial charge in [0.15, 0.2) is 0 Å². The van der Waals surface area contributed by atoms with E-state index in [1.807, 2.05) is 30.1 Å². The van der Waals surface area contributed by atoms with Crippen LogP contribution in [0.5, 0.6) is 11.5 Å². The van der Waals surface area contributed by atoms with Crippen molar-refractivity contribution in [2.24, 2.45) is 0 Å². The SMILES string of the molecule is COc1cc(NC(=O)NC[C@H]2O[C@@H](CO)[C@@H](O)[C@@H]2N(C)CCc2ccccn2)cc(OC)c1. The second-order valence-corrected chi connectivity index (χ2v) is 7.86. The zero-order valence-electron chi connectivity index (χ0n) is 19.1. The average Bonchev–Trinajstić information content (AvgIpc) is 3.16. The van der Waals surface area contributed by atoms with E-state index in [-0.39, 0.29) is 13.2 Å². The predicted molar refractivity (Wildman–Crippen MR) is 123 cm³/mol. The van der Waals surface area contributed by atoms with Gasteiger partial charge in [0.1, 0.15) is 23.7 Å². The zero-order chi connectivity index (χ0) is 23.8. The van der Waals surface area contributed by atoms with E-state index in [9.17, 15) is 15.0 Å². The monoisotopic (exact) mass is 460 g/mol. The van der Waals surface area contributed by atoms with Crippen LogP contribution in [0.25, 0.3) is 0 Å². The number of carbonyl (C=O) groups is 1. The number of urea groups is 1. The summed E-state index contributed by atoms with van der Waals surface area (Å²) in [4.78, 5) is 18.8. The highest BCUT2D eigenvalue weighted by atomic mass is 16.5. The molecule has 1 saturated heterocycles. The Morgan fingerprint density at radius 2 is 1.91 bits per heavy atom. The van der Waals surface area contributed by atoms with E-state index in [1.165, 1.54) is 14.2 Å². The number of amides is 2. The Morgan fingerprint density at radius 1 is 1.18 bits per heavy atom. The Balaban J connectivity index is 1.59. The maximum absolute atomic E-state index is 12.5. The Bertz CT molecular complexity index is 878. The molecule has 0 saturated carbocycles. The van der Waals surface area contributed by atoms with E-state index in [2.05, 4.69) is 15.6 Å². The summed E-state index contributed by atoms with van der Waals surface area (Å²) in [5.41, 5.74) is 1.45. The fourth-order valence-electron chi connectivity index (χ4n) is 3.92. The van der Waals surface area contributed by atoms with Gasteiger partial charge in [0.05, 0.1) is 33.0 Å². The molecule has 3 rings (SSSR count). The standard InChI is InChI=1S/C23H32N4O6/c1-27(9-7-15-6-4-5-8-24-15)21-19(33-20(14-28)22(21)29)13-25-23(30)26-16-10-17(31-2)12-18(11-16)32-3/h4-6,8,10-12,19-22,28-29H,7,9,13-14H2,1-3H3,(H2,25,26,30)/t19-,20+,21-,22-/m1/s1. The maximum Gasteiger partial charge on any atom is 0.319 e. The van der Waals surface area contributed by atoms with Gasteiger partial charge in [0.2, 0.25) is 0 Å². The molecule has 1 aliphatic rings. The summed E-state index contributed by atoms with van der Waals surface area (Å²) >= 11 is 0. The minimum absolute atomic E-state index is 0.152. The third-order valence-electron chi connectivity index (χ3n) is 5.67. The van der Waals surface area contributed by atoms with Crippen LogP contribution in [-0.4, -0.2) is 91.4 Å². The molecular weight excluding hydrogens is 428 g/mol. The number of nitrogens with zero attached hydrogens (tertiary/aromatic N) is 2. The molecule has 1 aromatic carbocycles.